The summed E-state index contributed by atoms with van der Waals surface area (Å²) in [5, 5.41) is 9.03. The molecule has 19 heavy (non-hydrogen) atoms. The van der Waals surface area contributed by atoms with Gasteiger partial charge in [0.05, 0.1) is 0 Å². The van der Waals surface area contributed by atoms with Crippen LogP contribution in [0.5, 0.6) is 0 Å². The molecule has 0 saturated carbocycles. The standard InChI is InChI=1S/C14H22N2O2S/c1-10-11(7-13(19-10)14(17)18)8-16(3)12-5-4-6-15(2)9-12/h7,12H,4-6,8-9H2,1-3H3,(H,17,18). The molecule has 106 valence electrons. The Morgan fingerprint density at radius 1 is 1.63 bits per heavy atom. The number of rotatable bonds is 4. The van der Waals surface area contributed by atoms with Gasteiger partial charge in [-0.15, -0.1) is 11.3 Å². The highest BCUT2D eigenvalue weighted by Gasteiger charge is 2.22. The molecule has 2 rings (SSSR count). The number of thiophene rings is 1. The molecule has 0 aliphatic carbocycles. The van der Waals surface area contributed by atoms with E-state index in [2.05, 4.69) is 23.9 Å². The first-order valence-electron chi connectivity index (χ1n) is 6.68. The van der Waals surface area contributed by atoms with Gasteiger partial charge in [0.25, 0.3) is 0 Å². The number of likely N-dealkylation sites (tertiary alicyclic amines) is 1. The minimum Gasteiger partial charge on any atom is -0.477 e. The van der Waals surface area contributed by atoms with Gasteiger partial charge in [0.2, 0.25) is 0 Å². The maximum absolute atomic E-state index is 11.0. The van der Waals surface area contributed by atoms with Crippen LogP contribution >= 0.6 is 11.3 Å². The SMILES string of the molecule is Cc1sc(C(=O)O)cc1CN(C)C1CCCN(C)C1. The van der Waals surface area contributed by atoms with Gasteiger partial charge in [0.15, 0.2) is 0 Å². The lowest BCUT2D eigenvalue weighted by Gasteiger charge is -2.35. The third kappa shape index (κ3) is 3.55. The first-order valence-corrected chi connectivity index (χ1v) is 7.50. The number of likely N-dealkylation sites (N-methyl/N-ethyl adjacent to an activating group) is 2. The van der Waals surface area contributed by atoms with Crippen LogP contribution in [0.1, 0.15) is 33.0 Å². The van der Waals surface area contributed by atoms with E-state index in [1.54, 1.807) is 0 Å². The summed E-state index contributed by atoms with van der Waals surface area (Å²) >= 11 is 1.38. The fourth-order valence-electron chi connectivity index (χ4n) is 2.68. The number of carboxylic acids is 1. The van der Waals surface area contributed by atoms with Crippen molar-refractivity contribution in [2.45, 2.75) is 32.4 Å². The summed E-state index contributed by atoms with van der Waals surface area (Å²) in [4.78, 5) is 17.3. The Morgan fingerprint density at radius 2 is 2.37 bits per heavy atom. The quantitative estimate of drug-likeness (QED) is 0.920. The van der Waals surface area contributed by atoms with Gasteiger partial charge >= 0.3 is 5.97 Å². The molecule has 1 saturated heterocycles. The highest BCUT2D eigenvalue weighted by molar-refractivity contribution is 7.14. The molecule has 0 amide bonds. The second-order valence-corrected chi connectivity index (χ2v) is 6.73. The Labute approximate surface area is 118 Å². The molecule has 1 aliphatic heterocycles. The first-order chi connectivity index (χ1) is 8.97. The molecule has 2 heterocycles. The van der Waals surface area contributed by atoms with Gasteiger partial charge in [-0.2, -0.15) is 0 Å². The van der Waals surface area contributed by atoms with E-state index >= 15 is 0 Å². The minimum absolute atomic E-state index is 0.446. The van der Waals surface area contributed by atoms with E-state index in [0.717, 1.165) is 23.5 Å². The normalized spacial score (nSPS) is 20.9. The second-order valence-electron chi connectivity index (χ2n) is 5.47. The van der Waals surface area contributed by atoms with Crippen LogP contribution in [-0.4, -0.2) is 54.1 Å². The molecule has 5 heteroatoms. The zero-order valence-corrected chi connectivity index (χ0v) is 12.7. The molecule has 4 nitrogen and oxygen atoms in total. The highest BCUT2D eigenvalue weighted by atomic mass is 32.1. The van der Waals surface area contributed by atoms with Crippen LogP contribution in [0.4, 0.5) is 0 Å². The van der Waals surface area contributed by atoms with Crippen LogP contribution in [-0.2, 0) is 6.54 Å². The number of carbonyl (C=O) groups is 1. The van der Waals surface area contributed by atoms with Crippen LogP contribution in [0.3, 0.4) is 0 Å². The third-order valence-corrected chi connectivity index (χ3v) is 4.95. The number of carboxylic acid groups (broad SMARTS) is 1. The molecule has 0 spiro atoms. The van der Waals surface area contributed by atoms with Crippen molar-refractivity contribution in [1.29, 1.82) is 0 Å². The van der Waals surface area contributed by atoms with E-state index in [1.807, 2.05) is 13.0 Å². The molecular weight excluding hydrogens is 260 g/mol. The van der Waals surface area contributed by atoms with Gasteiger partial charge in [-0.25, -0.2) is 4.79 Å². The van der Waals surface area contributed by atoms with Crippen molar-refractivity contribution in [2.75, 3.05) is 27.2 Å². The van der Waals surface area contributed by atoms with Gasteiger partial charge in [-0.05, 0) is 52.0 Å². The number of aromatic carboxylic acids is 1. The smallest absolute Gasteiger partial charge is 0.345 e. The zero-order valence-electron chi connectivity index (χ0n) is 11.8. The lowest BCUT2D eigenvalue weighted by Crippen LogP contribution is -2.44. The summed E-state index contributed by atoms with van der Waals surface area (Å²) < 4.78 is 0. The summed E-state index contributed by atoms with van der Waals surface area (Å²) in [5.74, 6) is -0.820. The molecular formula is C14H22N2O2S. The fraction of sp³-hybridized carbons (Fsp3) is 0.643. The predicted octanol–water partition coefficient (Wildman–Crippen LogP) is 2.28. The maximum Gasteiger partial charge on any atom is 0.345 e. The molecule has 0 aromatic carbocycles. The largest absolute Gasteiger partial charge is 0.477 e. The summed E-state index contributed by atoms with van der Waals surface area (Å²) in [7, 11) is 4.31. The summed E-state index contributed by atoms with van der Waals surface area (Å²) in [6, 6.07) is 2.40. The van der Waals surface area contributed by atoms with Gasteiger partial charge < -0.3 is 10.0 Å². The molecule has 1 fully saturated rings. The summed E-state index contributed by atoms with van der Waals surface area (Å²) in [6.45, 7) is 5.14. The summed E-state index contributed by atoms with van der Waals surface area (Å²) in [5.41, 5.74) is 1.15. The van der Waals surface area contributed by atoms with E-state index in [4.69, 9.17) is 5.11 Å². The Balaban J connectivity index is 2.01. The lowest BCUT2D eigenvalue weighted by molar-refractivity contribution is 0.0702. The molecule has 1 N–H and O–H groups in total. The molecule has 1 aromatic rings. The molecule has 1 aromatic heterocycles. The monoisotopic (exact) mass is 282 g/mol. The minimum atomic E-state index is -0.820. The van der Waals surface area contributed by atoms with Crippen molar-refractivity contribution in [2.24, 2.45) is 0 Å². The van der Waals surface area contributed by atoms with E-state index in [-0.39, 0.29) is 0 Å². The molecule has 0 radical (unpaired) electrons. The Kier molecular flexibility index (Phi) is 4.60. The van der Waals surface area contributed by atoms with Crippen molar-refractivity contribution >= 4 is 17.3 Å². The highest BCUT2D eigenvalue weighted by Crippen LogP contribution is 2.24. The number of nitrogens with zero attached hydrogens (tertiary/aromatic N) is 2. The van der Waals surface area contributed by atoms with Crippen molar-refractivity contribution in [3.63, 3.8) is 0 Å². The van der Waals surface area contributed by atoms with Crippen molar-refractivity contribution in [3.05, 3.63) is 21.4 Å². The topological polar surface area (TPSA) is 43.8 Å². The van der Waals surface area contributed by atoms with Crippen LogP contribution in [0.2, 0.25) is 0 Å². The van der Waals surface area contributed by atoms with E-state index in [1.165, 1.54) is 30.7 Å². The fourth-order valence-corrected chi connectivity index (χ4v) is 3.55. The third-order valence-electron chi connectivity index (χ3n) is 3.87. The average Bonchev–Trinajstić information content (AvgIpc) is 2.71. The number of aryl methyl sites for hydroxylation is 1. The summed E-state index contributed by atoms with van der Waals surface area (Å²) in [6.07, 6.45) is 2.48. The van der Waals surface area contributed by atoms with E-state index < -0.39 is 5.97 Å². The maximum atomic E-state index is 11.0. The Hall–Kier alpha value is -0.910. The van der Waals surface area contributed by atoms with Gasteiger partial charge in [0.1, 0.15) is 4.88 Å². The molecule has 1 aliphatic rings. The lowest BCUT2D eigenvalue weighted by atomic mass is 10.0. The predicted molar refractivity (Wildman–Crippen MR) is 78.0 cm³/mol. The molecule has 1 atom stereocenters. The van der Waals surface area contributed by atoms with Crippen molar-refractivity contribution in [1.82, 2.24) is 9.80 Å². The van der Waals surface area contributed by atoms with Crippen LogP contribution in [0, 0.1) is 6.92 Å². The zero-order chi connectivity index (χ0) is 14.0. The Morgan fingerprint density at radius 3 is 2.95 bits per heavy atom. The van der Waals surface area contributed by atoms with E-state index in [9.17, 15) is 4.79 Å². The van der Waals surface area contributed by atoms with Gasteiger partial charge in [-0.3, -0.25) is 4.90 Å². The van der Waals surface area contributed by atoms with Crippen LogP contribution in [0.25, 0.3) is 0 Å². The molecule has 0 bridgehead atoms. The Bertz CT molecular complexity index is 458. The van der Waals surface area contributed by atoms with Gasteiger partial charge in [-0.1, -0.05) is 0 Å². The average molecular weight is 282 g/mol. The molecule has 1 unspecified atom stereocenters. The number of hydrogen-bond donors (Lipinski definition) is 1. The van der Waals surface area contributed by atoms with Crippen molar-refractivity contribution in [3.8, 4) is 0 Å². The number of hydrogen-bond acceptors (Lipinski definition) is 4. The second kappa shape index (κ2) is 6.03. The first kappa shape index (κ1) is 14.5. The number of piperidine rings is 1. The van der Waals surface area contributed by atoms with Crippen LogP contribution < -0.4 is 0 Å². The van der Waals surface area contributed by atoms with Gasteiger partial charge in [0, 0.05) is 24.0 Å². The van der Waals surface area contributed by atoms with E-state index in [0.29, 0.717) is 10.9 Å². The van der Waals surface area contributed by atoms with Crippen molar-refractivity contribution < 1.29 is 9.90 Å². The van der Waals surface area contributed by atoms with Crippen LogP contribution in [0.15, 0.2) is 6.07 Å².